The summed E-state index contributed by atoms with van der Waals surface area (Å²) in [7, 11) is 0. The molecule has 0 radical (unpaired) electrons. The van der Waals surface area contributed by atoms with E-state index in [1.54, 1.807) is 10.9 Å². The molecule has 0 atom stereocenters. The Balaban J connectivity index is 1.71. The van der Waals surface area contributed by atoms with Gasteiger partial charge in [0.2, 0.25) is 11.7 Å². The zero-order valence-corrected chi connectivity index (χ0v) is 12.6. The first-order valence-electron chi connectivity index (χ1n) is 7.55. The number of aliphatic hydroxyl groups excluding tert-OH is 1. The Morgan fingerprint density at radius 2 is 2.14 bits per heavy atom. The van der Waals surface area contributed by atoms with E-state index >= 15 is 0 Å². The summed E-state index contributed by atoms with van der Waals surface area (Å²) in [6.45, 7) is 5.18. The minimum Gasteiger partial charge on any atom is -0.394 e. The van der Waals surface area contributed by atoms with E-state index in [1.807, 2.05) is 6.20 Å². The summed E-state index contributed by atoms with van der Waals surface area (Å²) in [5.74, 6) is 1.71. The Morgan fingerprint density at radius 1 is 1.38 bits per heavy atom. The van der Waals surface area contributed by atoms with Crippen LogP contribution in [0.5, 0.6) is 0 Å². The molecule has 114 valence electrons. The summed E-state index contributed by atoms with van der Waals surface area (Å²) >= 11 is 0. The zero-order chi connectivity index (χ0) is 14.9. The summed E-state index contributed by atoms with van der Waals surface area (Å²) < 4.78 is 7.12. The maximum Gasteiger partial charge on any atom is 0.230 e. The molecule has 2 aromatic heterocycles. The van der Waals surface area contributed by atoms with Gasteiger partial charge in [0.15, 0.2) is 0 Å². The lowest BCUT2D eigenvalue weighted by atomic mass is 9.73. The van der Waals surface area contributed by atoms with Gasteiger partial charge in [-0.3, -0.25) is 4.68 Å². The zero-order valence-electron chi connectivity index (χ0n) is 12.6. The van der Waals surface area contributed by atoms with Crippen molar-refractivity contribution < 1.29 is 9.63 Å². The molecule has 1 saturated carbocycles. The average Bonchev–Trinajstić information content (AvgIpc) is 3.08. The molecular weight excluding hydrogens is 268 g/mol. The van der Waals surface area contributed by atoms with Gasteiger partial charge in [-0.15, -0.1) is 0 Å². The van der Waals surface area contributed by atoms with Gasteiger partial charge in [0.1, 0.15) is 0 Å². The normalized spacial score (nSPS) is 19.0. The lowest BCUT2D eigenvalue weighted by molar-refractivity contribution is 0.202. The Kier molecular flexibility index (Phi) is 3.80. The number of rotatable bonds is 4. The van der Waals surface area contributed by atoms with Crippen LogP contribution < -0.4 is 0 Å². The maximum absolute atomic E-state index is 8.91. The fourth-order valence-electron chi connectivity index (χ4n) is 2.87. The summed E-state index contributed by atoms with van der Waals surface area (Å²) in [6.07, 6.45) is 8.15. The van der Waals surface area contributed by atoms with Crippen molar-refractivity contribution in [2.24, 2.45) is 5.41 Å². The van der Waals surface area contributed by atoms with Crippen molar-refractivity contribution in [2.75, 3.05) is 6.61 Å². The molecule has 1 aliphatic carbocycles. The predicted octanol–water partition coefficient (Wildman–Crippen LogP) is 2.61. The number of aromatic nitrogens is 4. The minimum absolute atomic E-state index is 0.0659. The molecular formula is C15H22N4O2. The van der Waals surface area contributed by atoms with Crippen molar-refractivity contribution in [3.63, 3.8) is 0 Å². The molecule has 2 heterocycles. The van der Waals surface area contributed by atoms with Gasteiger partial charge in [0.05, 0.1) is 24.9 Å². The van der Waals surface area contributed by atoms with E-state index in [-0.39, 0.29) is 6.61 Å². The van der Waals surface area contributed by atoms with Gasteiger partial charge in [-0.1, -0.05) is 19.0 Å². The van der Waals surface area contributed by atoms with E-state index in [0.29, 0.717) is 23.7 Å². The molecule has 1 N–H and O–H groups in total. The second-order valence-corrected chi connectivity index (χ2v) is 6.61. The van der Waals surface area contributed by atoms with Crippen LogP contribution in [-0.4, -0.2) is 31.6 Å². The van der Waals surface area contributed by atoms with Crippen molar-refractivity contribution in [1.29, 1.82) is 0 Å². The first-order chi connectivity index (χ1) is 10.1. The van der Waals surface area contributed by atoms with Crippen LogP contribution in [0.4, 0.5) is 0 Å². The summed E-state index contributed by atoms with van der Waals surface area (Å²) in [5.41, 5.74) is 1.26. The second-order valence-electron chi connectivity index (χ2n) is 6.61. The Labute approximate surface area is 124 Å². The molecule has 6 heteroatoms. The van der Waals surface area contributed by atoms with E-state index in [1.165, 1.54) is 12.8 Å². The lowest BCUT2D eigenvalue weighted by Crippen LogP contribution is -2.20. The second kappa shape index (κ2) is 5.60. The predicted molar refractivity (Wildman–Crippen MR) is 77.6 cm³/mol. The molecule has 6 nitrogen and oxygen atoms in total. The number of hydrogen-bond donors (Lipinski definition) is 1. The van der Waals surface area contributed by atoms with Crippen LogP contribution in [0, 0.1) is 5.41 Å². The van der Waals surface area contributed by atoms with Crippen LogP contribution in [-0.2, 0) is 6.54 Å². The monoisotopic (exact) mass is 290 g/mol. The van der Waals surface area contributed by atoms with Gasteiger partial charge in [-0.2, -0.15) is 10.1 Å². The third-order valence-corrected chi connectivity index (χ3v) is 4.35. The molecule has 3 rings (SSSR count). The highest BCUT2D eigenvalue weighted by molar-refractivity contribution is 5.51. The minimum atomic E-state index is 0.0659. The van der Waals surface area contributed by atoms with Crippen LogP contribution in [0.15, 0.2) is 16.9 Å². The van der Waals surface area contributed by atoms with Crippen molar-refractivity contribution in [2.45, 2.75) is 52.0 Å². The van der Waals surface area contributed by atoms with E-state index in [9.17, 15) is 0 Å². The smallest absolute Gasteiger partial charge is 0.230 e. The van der Waals surface area contributed by atoms with Gasteiger partial charge in [-0.05, 0) is 31.1 Å². The largest absolute Gasteiger partial charge is 0.394 e. The van der Waals surface area contributed by atoms with Crippen LogP contribution >= 0.6 is 0 Å². The molecule has 0 bridgehead atoms. The topological polar surface area (TPSA) is 77.0 Å². The molecule has 21 heavy (non-hydrogen) atoms. The third-order valence-electron chi connectivity index (χ3n) is 4.35. The van der Waals surface area contributed by atoms with Gasteiger partial charge >= 0.3 is 0 Å². The molecule has 0 unspecified atom stereocenters. The average molecular weight is 290 g/mol. The fraction of sp³-hybridized carbons (Fsp3) is 0.667. The third kappa shape index (κ3) is 3.15. The Morgan fingerprint density at radius 3 is 2.86 bits per heavy atom. The fourth-order valence-corrected chi connectivity index (χ4v) is 2.87. The van der Waals surface area contributed by atoms with Crippen molar-refractivity contribution in [3.05, 3.63) is 18.3 Å². The molecule has 2 aromatic rings. The molecule has 0 amide bonds. The van der Waals surface area contributed by atoms with Crippen LogP contribution in [0.3, 0.4) is 0 Å². The standard InChI is InChI=1S/C15H22N4O2/c1-15(2)5-3-11(4-6-15)14-17-13(18-21-14)12-9-16-19(10-12)7-8-20/h9-11,20H,3-8H2,1-2H3. The van der Waals surface area contributed by atoms with E-state index in [4.69, 9.17) is 9.63 Å². The first kappa shape index (κ1) is 14.3. The van der Waals surface area contributed by atoms with Crippen LogP contribution in [0.2, 0.25) is 0 Å². The Bertz CT molecular complexity index is 592. The number of hydrogen-bond acceptors (Lipinski definition) is 5. The van der Waals surface area contributed by atoms with E-state index < -0.39 is 0 Å². The molecule has 0 aliphatic heterocycles. The highest BCUT2D eigenvalue weighted by Crippen LogP contribution is 2.42. The van der Waals surface area contributed by atoms with Crippen LogP contribution in [0.1, 0.15) is 51.3 Å². The first-order valence-corrected chi connectivity index (χ1v) is 7.55. The van der Waals surface area contributed by atoms with Gasteiger partial charge < -0.3 is 9.63 Å². The lowest BCUT2D eigenvalue weighted by Gasteiger charge is -2.32. The number of aliphatic hydroxyl groups is 1. The maximum atomic E-state index is 8.91. The molecule has 1 aliphatic rings. The SMILES string of the molecule is CC1(C)CCC(c2nc(-c3cnn(CCO)c3)no2)CC1. The number of nitrogens with zero attached hydrogens (tertiary/aromatic N) is 4. The van der Waals surface area contributed by atoms with Gasteiger partial charge in [-0.25, -0.2) is 0 Å². The van der Waals surface area contributed by atoms with Gasteiger partial charge in [0.25, 0.3) is 0 Å². The molecule has 1 fully saturated rings. The molecule has 0 aromatic carbocycles. The van der Waals surface area contributed by atoms with Crippen molar-refractivity contribution >= 4 is 0 Å². The quantitative estimate of drug-likeness (QED) is 0.936. The van der Waals surface area contributed by atoms with E-state index in [0.717, 1.165) is 24.3 Å². The highest BCUT2D eigenvalue weighted by atomic mass is 16.5. The molecule has 0 saturated heterocycles. The summed E-state index contributed by atoms with van der Waals surface area (Å²) in [5, 5.41) is 17.1. The molecule has 0 spiro atoms. The summed E-state index contributed by atoms with van der Waals surface area (Å²) in [6, 6.07) is 0. The van der Waals surface area contributed by atoms with E-state index in [2.05, 4.69) is 29.1 Å². The van der Waals surface area contributed by atoms with Crippen molar-refractivity contribution in [3.8, 4) is 11.4 Å². The summed E-state index contributed by atoms with van der Waals surface area (Å²) in [4.78, 5) is 4.53. The van der Waals surface area contributed by atoms with Crippen LogP contribution in [0.25, 0.3) is 11.4 Å². The van der Waals surface area contributed by atoms with Crippen molar-refractivity contribution in [1.82, 2.24) is 19.9 Å². The Hall–Kier alpha value is -1.69. The highest BCUT2D eigenvalue weighted by Gasteiger charge is 2.30. The van der Waals surface area contributed by atoms with Gasteiger partial charge in [0, 0.05) is 12.1 Å².